The Bertz CT molecular complexity index is 960. The maximum atomic E-state index is 13.0. The van der Waals surface area contributed by atoms with Gasteiger partial charge in [0.25, 0.3) is 5.69 Å². The van der Waals surface area contributed by atoms with E-state index < -0.39 is 14.9 Å². The van der Waals surface area contributed by atoms with Crippen molar-refractivity contribution in [3.8, 4) is 0 Å². The number of sulfonamides is 1. The molecule has 0 atom stereocenters. The van der Waals surface area contributed by atoms with Gasteiger partial charge in [-0.2, -0.15) is 9.40 Å². The summed E-state index contributed by atoms with van der Waals surface area (Å²) in [6.45, 7) is 7.24. The molecule has 0 amide bonds. The highest BCUT2D eigenvalue weighted by Crippen LogP contribution is 2.28. The number of hydrogen-bond donors (Lipinski definition) is 0. The van der Waals surface area contributed by atoms with Crippen LogP contribution in [-0.4, -0.2) is 40.5 Å². The predicted octanol–water partition coefficient (Wildman–Crippen LogP) is 2.82. The minimum Gasteiger partial charge on any atom is -0.269 e. The van der Waals surface area contributed by atoms with E-state index >= 15 is 0 Å². The molecule has 1 fully saturated rings. The van der Waals surface area contributed by atoms with E-state index in [-0.39, 0.29) is 10.6 Å². The third-order valence-electron chi connectivity index (χ3n) is 5.11. The van der Waals surface area contributed by atoms with E-state index in [4.69, 9.17) is 0 Å². The van der Waals surface area contributed by atoms with E-state index in [2.05, 4.69) is 5.10 Å². The largest absolute Gasteiger partial charge is 0.270 e. The van der Waals surface area contributed by atoms with Gasteiger partial charge in [0.05, 0.1) is 15.5 Å². The van der Waals surface area contributed by atoms with Gasteiger partial charge >= 0.3 is 0 Å². The van der Waals surface area contributed by atoms with E-state index in [1.807, 2.05) is 24.6 Å². The average Bonchev–Trinajstić information content (AvgIpc) is 2.92. The number of aromatic nitrogens is 2. The lowest BCUT2D eigenvalue weighted by Crippen LogP contribution is -2.39. The molecule has 0 radical (unpaired) electrons. The molecule has 1 aliphatic heterocycles. The zero-order chi connectivity index (χ0) is 19.8. The number of nitro benzene ring substituents is 1. The Hall–Kier alpha value is -2.26. The minimum atomic E-state index is -3.74. The van der Waals surface area contributed by atoms with Crippen LogP contribution < -0.4 is 0 Å². The smallest absolute Gasteiger partial charge is 0.269 e. The molecule has 2 heterocycles. The second-order valence-electron chi connectivity index (χ2n) is 7.16. The Balaban J connectivity index is 1.72. The van der Waals surface area contributed by atoms with Crippen LogP contribution in [-0.2, 0) is 16.6 Å². The lowest BCUT2D eigenvalue weighted by molar-refractivity contribution is -0.385. The van der Waals surface area contributed by atoms with Crippen molar-refractivity contribution in [1.82, 2.24) is 14.1 Å². The molecule has 8 nitrogen and oxygen atoms in total. The number of piperidine rings is 1. The fourth-order valence-corrected chi connectivity index (χ4v) is 5.27. The highest BCUT2D eigenvalue weighted by molar-refractivity contribution is 7.89. The third kappa shape index (κ3) is 4.03. The molecule has 2 aromatic rings. The summed E-state index contributed by atoms with van der Waals surface area (Å²) in [6.07, 6.45) is 1.48. The van der Waals surface area contributed by atoms with Crippen molar-refractivity contribution < 1.29 is 13.3 Å². The summed E-state index contributed by atoms with van der Waals surface area (Å²) in [5.74, 6) is 0.362. The summed E-state index contributed by atoms with van der Waals surface area (Å²) in [5.41, 5.74) is 2.40. The number of nitrogens with zero attached hydrogens (tertiary/aromatic N) is 4. The normalized spacial score (nSPS) is 16.6. The Morgan fingerprint density at radius 3 is 2.41 bits per heavy atom. The number of benzene rings is 1. The topological polar surface area (TPSA) is 98.3 Å². The first-order valence-electron chi connectivity index (χ1n) is 8.94. The van der Waals surface area contributed by atoms with Crippen molar-refractivity contribution in [1.29, 1.82) is 0 Å². The number of hydrogen-bond acceptors (Lipinski definition) is 5. The Morgan fingerprint density at radius 2 is 1.85 bits per heavy atom. The van der Waals surface area contributed by atoms with Crippen LogP contribution in [0.25, 0.3) is 0 Å². The summed E-state index contributed by atoms with van der Waals surface area (Å²) >= 11 is 0. The fraction of sp³-hybridized carbons (Fsp3) is 0.500. The molecule has 3 rings (SSSR count). The van der Waals surface area contributed by atoms with Gasteiger partial charge in [0, 0.05) is 37.5 Å². The number of non-ortho nitro benzene ring substituents is 1. The molecule has 1 aromatic heterocycles. The molecule has 1 saturated heterocycles. The maximum Gasteiger partial charge on any atom is 0.270 e. The van der Waals surface area contributed by atoms with Crippen LogP contribution in [0.4, 0.5) is 5.69 Å². The Labute approximate surface area is 159 Å². The van der Waals surface area contributed by atoms with Gasteiger partial charge in [0.2, 0.25) is 10.0 Å². The standard InChI is InChI=1S/C18H24N4O4S/c1-13-4-5-17(22(23)24)11-18(13)27(25,26)20-8-6-16(7-9-20)12-21-15(3)10-14(2)19-21/h4-5,10-11,16H,6-9,12H2,1-3H3. The summed E-state index contributed by atoms with van der Waals surface area (Å²) < 4.78 is 29.4. The lowest BCUT2D eigenvalue weighted by atomic mass is 9.98. The van der Waals surface area contributed by atoms with Gasteiger partial charge in [-0.3, -0.25) is 14.8 Å². The van der Waals surface area contributed by atoms with Crippen LogP contribution in [0.5, 0.6) is 0 Å². The Kier molecular flexibility index (Phi) is 5.34. The van der Waals surface area contributed by atoms with Crippen molar-refractivity contribution in [2.45, 2.75) is 45.1 Å². The van der Waals surface area contributed by atoms with Crippen LogP contribution >= 0.6 is 0 Å². The maximum absolute atomic E-state index is 13.0. The highest BCUT2D eigenvalue weighted by Gasteiger charge is 2.31. The van der Waals surface area contributed by atoms with Gasteiger partial charge in [0.1, 0.15) is 0 Å². The first-order valence-corrected chi connectivity index (χ1v) is 10.4. The highest BCUT2D eigenvalue weighted by atomic mass is 32.2. The fourth-order valence-electron chi connectivity index (χ4n) is 3.56. The van der Waals surface area contributed by atoms with E-state index in [0.717, 1.165) is 36.8 Å². The SMILES string of the molecule is Cc1cc(C)n(CC2CCN(S(=O)(=O)c3cc([N+](=O)[O-])ccc3C)CC2)n1. The molecular weight excluding hydrogens is 368 g/mol. The molecular formula is C18H24N4O4S. The van der Waals surface area contributed by atoms with Crippen molar-refractivity contribution in [3.63, 3.8) is 0 Å². The van der Waals surface area contributed by atoms with Crippen molar-refractivity contribution in [2.24, 2.45) is 5.92 Å². The quantitative estimate of drug-likeness (QED) is 0.575. The van der Waals surface area contributed by atoms with Gasteiger partial charge in [-0.25, -0.2) is 8.42 Å². The first-order chi connectivity index (χ1) is 12.7. The van der Waals surface area contributed by atoms with E-state index in [9.17, 15) is 18.5 Å². The van der Waals surface area contributed by atoms with Crippen LogP contribution in [0, 0.1) is 36.8 Å². The molecule has 1 aromatic carbocycles. The van der Waals surface area contributed by atoms with Crippen LogP contribution in [0.1, 0.15) is 29.8 Å². The number of nitro groups is 1. The molecule has 27 heavy (non-hydrogen) atoms. The van der Waals surface area contributed by atoms with Gasteiger partial charge < -0.3 is 0 Å². The minimum absolute atomic E-state index is 0.0219. The molecule has 0 N–H and O–H groups in total. The summed E-state index contributed by atoms with van der Waals surface area (Å²) in [4.78, 5) is 10.5. The van der Waals surface area contributed by atoms with Crippen molar-refractivity contribution >= 4 is 15.7 Å². The van der Waals surface area contributed by atoms with Gasteiger partial charge in [-0.15, -0.1) is 0 Å². The van der Waals surface area contributed by atoms with Crippen LogP contribution in [0.3, 0.4) is 0 Å². The summed E-state index contributed by atoms with van der Waals surface area (Å²) in [7, 11) is -3.74. The Morgan fingerprint density at radius 1 is 1.19 bits per heavy atom. The second-order valence-corrected chi connectivity index (χ2v) is 9.07. The zero-order valence-electron chi connectivity index (χ0n) is 15.8. The average molecular weight is 392 g/mol. The lowest BCUT2D eigenvalue weighted by Gasteiger charge is -2.31. The van der Waals surface area contributed by atoms with Gasteiger partial charge in [-0.1, -0.05) is 6.07 Å². The van der Waals surface area contributed by atoms with Crippen LogP contribution in [0.2, 0.25) is 0 Å². The number of rotatable bonds is 5. The molecule has 146 valence electrons. The molecule has 0 aliphatic carbocycles. The summed E-state index contributed by atoms with van der Waals surface area (Å²) in [6, 6.07) is 6.01. The molecule has 0 bridgehead atoms. The third-order valence-corrected chi connectivity index (χ3v) is 7.15. The molecule has 9 heteroatoms. The predicted molar refractivity (Wildman–Crippen MR) is 101 cm³/mol. The van der Waals surface area contributed by atoms with Crippen molar-refractivity contribution in [3.05, 3.63) is 51.3 Å². The molecule has 0 unspecified atom stereocenters. The van der Waals surface area contributed by atoms with Crippen molar-refractivity contribution in [2.75, 3.05) is 13.1 Å². The number of aryl methyl sites for hydroxylation is 3. The van der Waals surface area contributed by atoms with Gasteiger partial charge in [0.15, 0.2) is 0 Å². The van der Waals surface area contributed by atoms with E-state index in [1.165, 1.54) is 16.4 Å². The summed E-state index contributed by atoms with van der Waals surface area (Å²) in [5, 5.41) is 15.5. The van der Waals surface area contributed by atoms with Gasteiger partial charge in [-0.05, 0) is 51.2 Å². The first kappa shape index (κ1) is 19.5. The van der Waals surface area contributed by atoms with E-state index in [1.54, 1.807) is 6.92 Å². The molecule has 0 saturated carbocycles. The van der Waals surface area contributed by atoms with Crippen LogP contribution in [0.15, 0.2) is 29.2 Å². The van der Waals surface area contributed by atoms with E-state index in [0.29, 0.717) is 24.6 Å². The second kappa shape index (κ2) is 7.40. The molecule has 0 spiro atoms. The monoisotopic (exact) mass is 392 g/mol. The molecule has 1 aliphatic rings. The zero-order valence-corrected chi connectivity index (χ0v) is 16.6.